The molecule has 3 aliphatic rings. The van der Waals surface area contributed by atoms with Gasteiger partial charge in [0.15, 0.2) is 11.5 Å². The summed E-state index contributed by atoms with van der Waals surface area (Å²) in [5.41, 5.74) is 6.51. The monoisotopic (exact) mass is 526 g/mol. The molecule has 194 valence electrons. The van der Waals surface area contributed by atoms with E-state index in [2.05, 4.69) is 10.6 Å². The molecule has 11 heteroatoms. The number of methoxy groups -OCH3 is 2. The lowest BCUT2D eigenvalue weighted by atomic mass is 9.76. The number of anilines is 1. The summed E-state index contributed by atoms with van der Waals surface area (Å²) in [6.45, 7) is 1.87. The summed E-state index contributed by atoms with van der Waals surface area (Å²) in [5, 5.41) is 6.49. The number of imide groups is 1. The van der Waals surface area contributed by atoms with Crippen molar-refractivity contribution in [2.45, 2.75) is 31.3 Å². The number of rotatable bonds is 7. The van der Waals surface area contributed by atoms with Gasteiger partial charge in [0.25, 0.3) is 0 Å². The second kappa shape index (κ2) is 9.04. The highest BCUT2D eigenvalue weighted by atomic mass is 35.5. The first kappa shape index (κ1) is 25.0. The van der Waals surface area contributed by atoms with Gasteiger partial charge in [0.1, 0.15) is 5.54 Å². The molecule has 0 unspecified atom stereocenters. The Morgan fingerprint density at radius 3 is 2.51 bits per heavy atom. The van der Waals surface area contributed by atoms with E-state index in [0.717, 1.165) is 5.56 Å². The Bertz CT molecular complexity index is 1350. The fourth-order valence-corrected chi connectivity index (χ4v) is 6.10. The SMILES string of the molecule is COc1ccc(CCN2C(=O)[C@@H]3[C@H](CC(N)=O)N[C@]4(C(=O)Nc5c4ccc(Cl)c5C)[C@H]3C2=O)cc1OC. The molecule has 10 nitrogen and oxygen atoms in total. The normalized spacial score (nSPS) is 25.9. The number of hydrogen-bond donors (Lipinski definition) is 3. The number of hydrogen-bond acceptors (Lipinski definition) is 7. The van der Waals surface area contributed by atoms with Crippen LogP contribution in [0.25, 0.3) is 0 Å². The second-order valence-electron chi connectivity index (χ2n) is 9.55. The van der Waals surface area contributed by atoms with Crippen LogP contribution < -0.4 is 25.8 Å². The van der Waals surface area contributed by atoms with Crippen molar-refractivity contribution in [3.8, 4) is 11.5 Å². The molecule has 4 atom stereocenters. The minimum atomic E-state index is -1.51. The summed E-state index contributed by atoms with van der Waals surface area (Å²) in [6.07, 6.45) is 0.177. The highest BCUT2D eigenvalue weighted by Gasteiger charge is 2.70. The third-order valence-corrected chi connectivity index (χ3v) is 8.08. The molecular formula is C26H27ClN4O6. The van der Waals surface area contributed by atoms with E-state index in [1.807, 2.05) is 6.07 Å². The number of nitrogens with zero attached hydrogens (tertiary/aromatic N) is 1. The number of fused-ring (bicyclic) bond motifs is 4. The van der Waals surface area contributed by atoms with E-state index in [4.69, 9.17) is 26.8 Å². The van der Waals surface area contributed by atoms with Gasteiger partial charge in [0.05, 0.1) is 31.7 Å². The summed E-state index contributed by atoms with van der Waals surface area (Å²) >= 11 is 6.28. The molecular weight excluding hydrogens is 500 g/mol. The fraction of sp³-hybridized carbons (Fsp3) is 0.385. The lowest BCUT2D eigenvalue weighted by molar-refractivity contribution is -0.142. The number of ether oxygens (including phenoxy) is 2. The number of primary amides is 1. The largest absolute Gasteiger partial charge is 0.493 e. The van der Waals surface area contributed by atoms with Crippen molar-refractivity contribution in [2.75, 3.05) is 26.1 Å². The maximum atomic E-state index is 13.8. The molecule has 0 aliphatic carbocycles. The van der Waals surface area contributed by atoms with Gasteiger partial charge in [-0.1, -0.05) is 23.7 Å². The lowest BCUT2D eigenvalue weighted by Gasteiger charge is -2.29. The number of amides is 4. The molecule has 2 aromatic rings. The van der Waals surface area contributed by atoms with Crippen LogP contribution in [0.3, 0.4) is 0 Å². The Hall–Kier alpha value is -3.63. The van der Waals surface area contributed by atoms with Crippen LogP contribution >= 0.6 is 11.6 Å². The van der Waals surface area contributed by atoms with Gasteiger partial charge in [0.2, 0.25) is 23.6 Å². The fourth-order valence-electron chi connectivity index (χ4n) is 5.94. The third kappa shape index (κ3) is 3.66. The smallest absolute Gasteiger partial charge is 0.250 e. The van der Waals surface area contributed by atoms with Gasteiger partial charge in [-0.3, -0.25) is 29.4 Å². The van der Waals surface area contributed by atoms with Gasteiger partial charge >= 0.3 is 0 Å². The van der Waals surface area contributed by atoms with Crippen molar-refractivity contribution in [3.05, 3.63) is 52.0 Å². The molecule has 0 saturated carbocycles. The van der Waals surface area contributed by atoms with E-state index in [1.54, 1.807) is 31.2 Å². The molecule has 5 rings (SSSR count). The van der Waals surface area contributed by atoms with Crippen molar-refractivity contribution >= 4 is 40.9 Å². The molecule has 4 N–H and O–H groups in total. The molecule has 3 heterocycles. The minimum absolute atomic E-state index is 0.105. The quantitative estimate of drug-likeness (QED) is 0.464. The Morgan fingerprint density at radius 2 is 1.84 bits per heavy atom. The predicted octanol–water partition coefficient (Wildman–Crippen LogP) is 1.50. The van der Waals surface area contributed by atoms with Crippen LogP contribution in [0.2, 0.25) is 5.02 Å². The van der Waals surface area contributed by atoms with Crippen molar-refractivity contribution in [1.29, 1.82) is 0 Å². The summed E-state index contributed by atoms with van der Waals surface area (Å²) < 4.78 is 10.6. The van der Waals surface area contributed by atoms with Crippen LogP contribution in [0.5, 0.6) is 11.5 Å². The second-order valence-corrected chi connectivity index (χ2v) is 9.96. The van der Waals surface area contributed by atoms with Gasteiger partial charge < -0.3 is 20.5 Å². The zero-order valence-electron chi connectivity index (χ0n) is 20.6. The van der Waals surface area contributed by atoms with Crippen LogP contribution in [0.4, 0.5) is 5.69 Å². The molecule has 0 aromatic heterocycles. The zero-order valence-corrected chi connectivity index (χ0v) is 21.3. The van der Waals surface area contributed by atoms with E-state index in [1.165, 1.54) is 19.1 Å². The Labute approximate surface area is 218 Å². The Morgan fingerprint density at radius 1 is 1.11 bits per heavy atom. The van der Waals surface area contributed by atoms with Crippen molar-refractivity contribution in [3.63, 3.8) is 0 Å². The average Bonchev–Trinajstić information content (AvgIpc) is 3.44. The number of halogens is 1. The molecule has 3 aliphatic heterocycles. The maximum Gasteiger partial charge on any atom is 0.250 e. The van der Waals surface area contributed by atoms with Crippen LogP contribution in [0.1, 0.15) is 23.1 Å². The molecule has 4 amide bonds. The average molecular weight is 527 g/mol. The van der Waals surface area contributed by atoms with Crippen molar-refractivity contribution < 1.29 is 28.7 Å². The van der Waals surface area contributed by atoms with Crippen LogP contribution in [0, 0.1) is 18.8 Å². The van der Waals surface area contributed by atoms with Gasteiger partial charge in [-0.05, 0) is 42.7 Å². The van der Waals surface area contributed by atoms with Gasteiger partial charge in [-0.15, -0.1) is 0 Å². The van der Waals surface area contributed by atoms with Crippen LogP contribution in [0.15, 0.2) is 30.3 Å². The summed E-state index contributed by atoms with van der Waals surface area (Å²) in [7, 11) is 3.07. The van der Waals surface area contributed by atoms with Crippen LogP contribution in [-0.2, 0) is 31.1 Å². The number of carbonyl (C=O) groups is 4. The number of nitrogens with one attached hydrogen (secondary N) is 2. The highest BCUT2D eigenvalue weighted by Crippen LogP contribution is 2.54. The first-order chi connectivity index (χ1) is 17.6. The summed E-state index contributed by atoms with van der Waals surface area (Å²) in [6, 6.07) is 7.94. The van der Waals surface area contributed by atoms with E-state index in [-0.39, 0.29) is 13.0 Å². The van der Waals surface area contributed by atoms with Crippen molar-refractivity contribution in [1.82, 2.24) is 10.2 Å². The molecule has 0 radical (unpaired) electrons. The van der Waals surface area contributed by atoms with Gasteiger partial charge in [-0.25, -0.2) is 0 Å². The summed E-state index contributed by atoms with van der Waals surface area (Å²) in [4.78, 5) is 54.1. The first-order valence-corrected chi connectivity index (χ1v) is 12.2. The molecule has 37 heavy (non-hydrogen) atoms. The number of likely N-dealkylation sites (tertiary alicyclic amines) is 1. The maximum absolute atomic E-state index is 13.8. The first-order valence-electron chi connectivity index (χ1n) is 11.9. The van der Waals surface area contributed by atoms with E-state index >= 15 is 0 Å². The number of carbonyl (C=O) groups excluding carboxylic acids is 4. The molecule has 2 fully saturated rings. The predicted molar refractivity (Wildman–Crippen MR) is 134 cm³/mol. The molecule has 2 aromatic carbocycles. The van der Waals surface area contributed by atoms with Crippen LogP contribution in [-0.4, -0.2) is 55.3 Å². The minimum Gasteiger partial charge on any atom is -0.493 e. The van der Waals surface area contributed by atoms with E-state index < -0.39 is 47.0 Å². The van der Waals surface area contributed by atoms with E-state index in [0.29, 0.717) is 39.8 Å². The Balaban J connectivity index is 1.51. The topological polar surface area (TPSA) is 140 Å². The standard InChI is InChI=1S/C26H27ClN4O6/c1-12-15(27)6-5-14-22(12)29-25(35)26(14)21-20(16(30-26)11-19(28)32)23(33)31(24(21)34)9-8-13-4-7-17(36-2)18(10-13)37-3/h4-7,10,16,20-21,30H,8-9,11H2,1-3H3,(H2,28,32)(H,29,35)/t16-,20+,21+,26-/m0/s1. The zero-order chi connectivity index (χ0) is 26.6. The number of nitrogens with two attached hydrogens (primary N) is 1. The van der Waals surface area contributed by atoms with Crippen molar-refractivity contribution in [2.24, 2.45) is 17.6 Å². The lowest BCUT2D eigenvalue weighted by Crippen LogP contribution is -2.53. The van der Waals surface area contributed by atoms with Gasteiger partial charge in [-0.2, -0.15) is 0 Å². The van der Waals surface area contributed by atoms with Gasteiger partial charge in [0, 0.05) is 29.6 Å². The molecule has 1 spiro atoms. The third-order valence-electron chi connectivity index (χ3n) is 7.67. The molecule has 0 bridgehead atoms. The Kier molecular flexibility index (Phi) is 6.12. The molecule has 2 saturated heterocycles. The number of benzene rings is 2. The summed E-state index contributed by atoms with van der Waals surface area (Å²) in [5.74, 6) is -2.84. The van der Waals surface area contributed by atoms with E-state index in [9.17, 15) is 19.2 Å². The highest BCUT2D eigenvalue weighted by molar-refractivity contribution is 6.32.